The number of rotatable bonds is 7. The molecule has 1 atom stereocenters. The van der Waals surface area contributed by atoms with E-state index < -0.39 is 16.6 Å². The van der Waals surface area contributed by atoms with Gasteiger partial charge in [0, 0.05) is 19.3 Å². The molecule has 1 N–H and O–H groups in total. The highest BCUT2D eigenvalue weighted by molar-refractivity contribution is 7.89. The molecule has 0 aromatic carbocycles. The summed E-state index contributed by atoms with van der Waals surface area (Å²) < 4.78 is 55.2. The summed E-state index contributed by atoms with van der Waals surface area (Å²) in [6.45, 7) is 4.30. The Labute approximate surface area is 139 Å². The molecule has 7 nitrogen and oxygen atoms in total. The third kappa shape index (κ3) is 3.99. The van der Waals surface area contributed by atoms with Crippen molar-refractivity contribution in [3.63, 3.8) is 0 Å². The van der Waals surface area contributed by atoms with Crippen LogP contribution in [0.4, 0.5) is 8.78 Å². The molecule has 0 saturated carbocycles. The van der Waals surface area contributed by atoms with Gasteiger partial charge in [0.2, 0.25) is 10.0 Å². The zero-order valence-corrected chi connectivity index (χ0v) is 14.8. The number of alkyl halides is 2. The van der Waals surface area contributed by atoms with E-state index in [1.54, 1.807) is 4.68 Å². The molecule has 1 unspecified atom stereocenters. The summed E-state index contributed by atoms with van der Waals surface area (Å²) in [6.07, 6.45) is 1.82. The highest BCUT2D eigenvalue weighted by atomic mass is 32.2. The fourth-order valence-electron chi connectivity index (χ4n) is 2.50. The number of nitrogens with one attached hydrogen (secondary N) is 1. The number of hydrogen-bond donors (Lipinski definition) is 1. The van der Waals surface area contributed by atoms with Gasteiger partial charge in [-0.2, -0.15) is 19.0 Å². The number of halogens is 2. The maximum Gasteiger partial charge on any atom is 0.333 e. The van der Waals surface area contributed by atoms with E-state index in [1.165, 1.54) is 13.8 Å². The minimum absolute atomic E-state index is 0.0233. The van der Waals surface area contributed by atoms with Crippen molar-refractivity contribution < 1.29 is 17.2 Å². The third-order valence-corrected chi connectivity index (χ3v) is 5.28. The maximum absolute atomic E-state index is 12.8. The summed E-state index contributed by atoms with van der Waals surface area (Å²) in [7, 11) is -3.91. The van der Waals surface area contributed by atoms with Gasteiger partial charge in [-0.3, -0.25) is 4.68 Å². The Hall–Kier alpha value is -1.81. The van der Waals surface area contributed by atoms with Gasteiger partial charge < -0.3 is 0 Å². The van der Waals surface area contributed by atoms with Crippen LogP contribution in [-0.2, 0) is 16.6 Å². The van der Waals surface area contributed by atoms with Gasteiger partial charge >= 0.3 is 6.55 Å². The molecule has 0 radical (unpaired) electrons. The molecule has 0 saturated heterocycles. The summed E-state index contributed by atoms with van der Waals surface area (Å²) in [5, 5.41) is 7.85. The Bertz CT molecular complexity index is 813. The van der Waals surface area contributed by atoms with Crippen LogP contribution in [0.25, 0.3) is 0 Å². The van der Waals surface area contributed by atoms with Crippen LogP contribution in [0.1, 0.15) is 30.6 Å². The van der Waals surface area contributed by atoms with E-state index in [4.69, 9.17) is 0 Å². The van der Waals surface area contributed by atoms with Crippen LogP contribution in [-0.4, -0.2) is 34.5 Å². The van der Waals surface area contributed by atoms with Crippen molar-refractivity contribution >= 4 is 10.0 Å². The van der Waals surface area contributed by atoms with Crippen molar-refractivity contribution in [3.05, 3.63) is 29.3 Å². The quantitative estimate of drug-likeness (QED) is 0.818. The van der Waals surface area contributed by atoms with Crippen molar-refractivity contribution in [1.29, 1.82) is 0 Å². The monoisotopic (exact) mass is 361 g/mol. The largest absolute Gasteiger partial charge is 0.333 e. The maximum atomic E-state index is 12.8. The molecule has 2 heterocycles. The SMILES string of the molecule is Cc1ccn(CC(C)CNS(=O)(=O)c2c(C)nn(C(F)F)c2C)n1. The van der Waals surface area contributed by atoms with Crippen LogP contribution >= 0.6 is 0 Å². The first-order valence-corrected chi connectivity index (χ1v) is 8.93. The van der Waals surface area contributed by atoms with Gasteiger partial charge in [0.1, 0.15) is 4.90 Å². The molecule has 0 amide bonds. The zero-order valence-electron chi connectivity index (χ0n) is 14.0. The molecule has 2 rings (SSSR count). The van der Waals surface area contributed by atoms with Gasteiger partial charge in [0.15, 0.2) is 0 Å². The number of sulfonamides is 1. The zero-order chi connectivity index (χ0) is 18.1. The van der Waals surface area contributed by atoms with E-state index in [1.807, 2.05) is 26.1 Å². The lowest BCUT2D eigenvalue weighted by molar-refractivity contribution is 0.0538. The van der Waals surface area contributed by atoms with Crippen LogP contribution < -0.4 is 4.72 Å². The van der Waals surface area contributed by atoms with E-state index >= 15 is 0 Å². The molecule has 2 aromatic heterocycles. The molecule has 0 bridgehead atoms. The van der Waals surface area contributed by atoms with Crippen molar-refractivity contribution in [2.24, 2.45) is 5.92 Å². The van der Waals surface area contributed by atoms with Gasteiger partial charge in [-0.1, -0.05) is 6.92 Å². The molecule has 10 heteroatoms. The standard InChI is InChI=1S/C14H21F2N5O2S/c1-9(8-20-6-5-10(2)18-20)7-17-24(22,23)13-11(3)19-21(12(13)4)14(15)16/h5-6,9,14,17H,7-8H2,1-4H3. The van der Waals surface area contributed by atoms with Crippen LogP contribution in [0.2, 0.25) is 0 Å². The van der Waals surface area contributed by atoms with E-state index in [0.29, 0.717) is 11.2 Å². The minimum atomic E-state index is -3.91. The molecule has 134 valence electrons. The molecule has 0 fully saturated rings. The fraction of sp³-hybridized carbons (Fsp3) is 0.571. The van der Waals surface area contributed by atoms with Gasteiger partial charge in [-0.05, 0) is 32.8 Å². The Morgan fingerprint density at radius 2 is 1.92 bits per heavy atom. The third-order valence-electron chi connectivity index (χ3n) is 3.61. The summed E-state index contributed by atoms with van der Waals surface area (Å²) in [5.41, 5.74) is 0.856. The summed E-state index contributed by atoms with van der Waals surface area (Å²) in [5.74, 6) is -0.0233. The molecule has 0 aliphatic heterocycles. The van der Waals surface area contributed by atoms with Gasteiger partial charge in [-0.25, -0.2) is 17.8 Å². The smallest absolute Gasteiger partial charge is 0.272 e. The Morgan fingerprint density at radius 1 is 1.25 bits per heavy atom. The number of aromatic nitrogens is 4. The highest BCUT2D eigenvalue weighted by Gasteiger charge is 2.27. The first-order valence-electron chi connectivity index (χ1n) is 7.45. The highest BCUT2D eigenvalue weighted by Crippen LogP contribution is 2.23. The van der Waals surface area contributed by atoms with Gasteiger partial charge in [0.05, 0.1) is 17.1 Å². The fourth-order valence-corrected chi connectivity index (χ4v) is 4.06. The van der Waals surface area contributed by atoms with E-state index in [9.17, 15) is 17.2 Å². The minimum Gasteiger partial charge on any atom is -0.272 e. The second-order valence-corrected chi connectivity index (χ2v) is 7.56. The van der Waals surface area contributed by atoms with Crippen LogP contribution in [0.15, 0.2) is 17.2 Å². The van der Waals surface area contributed by atoms with E-state index in [0.717, 1.165) is 5.69 Å². The summed E-state index contributed by atoms with van der Waals surface area (Å²) >= 11 is 0. The van der Waals surface area contributed by atoms with Crippen LogP contribution in [0.5, 0.6) is 0 Å². The number of hydrogen-bond acceptors (Lipinski definition) is 4. The Kier molecular flexibility index (Phi) is 5.38. The average Bonchev–Trinajstić information content (AvgIpc) is 3.00. The second-order valence-electron chi connectivity index (χ2n) is 5.86. The molecule has 0 aliphatic carbocycles. The van der Waals surface area contributed by atoms with E-state index in [-0.39, 0.29) is 28.7 Å². The molecule has 2 aromatic rings. The van der Waals surface area contributed by atoms with Crippen LogP contribution in [0, 0.1) is 26.7 Å². The number of nitrogens with zero attached hydrogens (tertiary/aromatic N) is 4. The molecular weight excluding hydrogens is 340 g/mol. The predicted molar refractivity (Wildman–Crippen MR) is 84.3 cm³/mol. The van der Waals surface area contributed by atoms with E-state index in [2.05, 4.69) is 14.9 Å². The molecule has 0 aliphatic rings. The Balaban J connectivity index is 2.09. The summed E-state index contributed by atoms with van der Waals surface area (Å²) in [4.78, 5) is -0.190. The lowest BCUT2D eigenvalue weighted by Gasteiger charge is -2.13. The van der Waals surface area contributed by atoms with Crippen molar-refractivity contribution in [3.8, 4) is 0 Å². The van der Waals surface area contributed by atoms with Crippen LogP contribution in [0.3, 0.4) is 0 Å². The molecular formula is C14H21F2N5O2S. The molecule has 24 heavy (non-hydrogen) atoms. The Morgan fingerprint density at radius 3 is 2.42 bits per heavy atom. The number of aryl methyl sites for hydroxylation is 2. The average molecular weight is 361 g/mol. The van der Waals surface area contributed by atoms with Crippen molar-refractivity contribution in [2.75, 3.05) is 6.54 Å². The second kappa shape index (κ2) is 6.98. The van der Waals surface area contributed by atoms with Gasteiger partial charge in [0.25, 0.3) is 0 Å². The predicted octanol–water partition coefficient (Wildman–Crippen LogP) is 2.01. The lowest BCUT2D eigenvalue weighted by Crippen LogP contribution is -2.31. The first kappa shape index (κ1) is 18.5. The topological polar surface area (TPSA) is 81.8 Å². The van der Waals surface area contributed by atoms with Crippen molar-refractivity contribution in [1.82, 2.24) is 24.3 Å². The van der Waals surface area contributed by atoms with Crippen molar-refractivity contribution in [2.45, 2.75) is 45.7 Å². The lowest BCUT2D eigenvalue weighted by atomic mass is 10.2. The normalized spacial score (nSPS) is 13.6. The first-order chi connectivity index (χ1) is 11.1. The summed E-state index contributed by atoms with van der Waals surface area (Å²) in [6, 6.07) is 1.86. The molecule has 0 spiro atoms. The van der Waals surface area contributed by atoms with Gasteiger partial charge in [-0.15, -0.1) is 0 Å².